The molecule has 1 N–H and O–H groups in total. The number of benzene rings is 2. The predicted molar refractivity (Wildman–Crippen MR) is 87.4 cm³/mol. The molecule has 1 amide bonds. The summed E-state index contributed by atoms with van der Waals surface area (Å²) in [6, 6.07) is 12.2. The van der Waals surface area contributed by atoms with Crippen LogP contribution < -0.4 is 5.32 Å². The third-order valence-electron chi connectivity index (χ3n) is 3.16. The summed E-state index contributed by atoms with van der Waals surface area (Å²) in [5.41, 5.74) is 1.11. The highest BCUT2D eigenvalue weighted by Crippen LogP contribution is 2.22. The van der Waals surface area contributed by atoms with E-state index < -0.39 is 24.3 Å². The third kappa shape index (κ3) is 4.89. The Balaban J connectivity index is 1.86. The van der Waals surface area contributed by atoms with Crippen LogP contribution in [0.1, 0.15) is 28.9 Å². The van der Waals surface area contributed by atoms with E-state index in [1.54, 1.807) is 0 Å². The van der Waals surface area contributed by atoms with E-state index in [4.69, 9.17) is 4.74 Å². The van der Waals surface area contributed by atoms with Gasteiger partial charge in [-0.15, -0.1) is 0 Å². The Labute approximate surface area is 141 Å². The number of halogens is 2. The van der Waals surface area contributed by atoms with E-state index in [0.717, 1.165) is 22.2 Å². The van der Waals surface area contributed by atoms with Crippen LogP contribution in [-0.4, -0.2) is 18.5 Å². The van der Waals surface area contributed by atoms with Crippen LogP contribution >= 0.6 is 15.9 Å². The Bertz CT molecular complexity index is 703. The highest BCUT2D eigenvalue weighted by Gasteiger charge is 2.14. The van der Waals surface area contributed by atoms with Crippen LogP contribution in [0.25, 0.3) is 0 Å². The van der Waals surface area contributed by atoms with Crippen LogP contribution in [0.5, 0.6) is 0 Å². The van der Waals surface area contributed by atoms with Crippen molar-refractivity contribution >= 4 is 27.8 Å². The standard InChI is InChI=1S/C17H15BrFNO3/c1-11(14-4-2-3-5-15(14)18)20-16(21)10-23-17(22)12-6-8-13(19)9-7-12/h2-9,11H,10H2,1H3,(H,20,21)/t11-/m1/s1. The highest BCUT2D eigenvalue weighted by molar-refractivity contribution is 9.10. The second-order valence-electron chi connectivity index (χ2n) is 4.89. The maximum absolute atomic E-state index is 12.8. The summed E-state index contributed by atoms with van der Waals surface area (Å²) in [5.74, 6) is -1.53. The van der Waals surface area contributed by atoms with E-state index in [0.29, 0.717) is 0 Å². The van der Waals surface area contributed by atoms with E-state index in [9.17, 15) is 14.0 Å². The molecule has 0 aromatic heterocycles. The lowest BCUT2D eigenvalue weighted by Crippen LogP contribution is -2.31. The Morgan fingerprint density at radius 2 is 1.83 bits per heavy atom. The third-order valence-corrected chi connectivity index (χ3v) is 3.89. The van der Waals surface area contributed by atoms with Crippen molar-refractivity contribution in [3.8, 4) is 0 Å². The molecule has 2 aromatic carbocycles. The van der Waals surface area contributed by atoms with Crippen molar-refractivity contribution in [1.82, 2.24) is 5.32 Å². The quantitative estimate of drug-likeness (QED) is 0.807. The largest absolute Gasteiger partial charge is 0.452 e. The molecule has 0 heterocycles. The molecule has 6 heteroatoms. The van der Waals surface area contributed by atoms with Crippen molar-refractivity contribution < 1.29 is 18.7 Å². The monoisotopic (exact) mass is 379 g/mol. The van der Waals surface area contributed by atoms with Gasteiger partial charge in [0.05, 0.1) is 11.6 Å². The molecule has 0 saturated heterocycles. The van der Waals surface area contributed by atoms with Crippen LogP contribution in [0.15, 0.2) is 53.0 Å². The Morgan fingerprint density at radius 3 is 2.48 bits per heavy atom. The number of hydrogen-bond acceptors (Lipinski definition) is 3. The summed E-state index contributed by atoms with van der Waals surface area (Å²) in [6.45, 7) is 1.44. The van der Waals surface area contributed by atoms with Gasteiger partial charge in [0.1, 0.15) is 5.82 Å². The maximum atomic E-state index is 12.8. The number of ether oxygens (including phenoxy) is 1. The first kappa shape index (κ1) is 17.1. The van der Waals surface area contributed by atoms with Gasteiger partial charge in [-0.25, -0.2) is 9.18 Å². The molecule has 2 rings (SSSR count). The minimum atomic E-state index is -0.673. The van der Waals surface area contributed by atoms with Gasteiger partial charge < -0.3 is 10.1 Å². The fourth-order valence-corrected chi connectivity index (χ4v) is 2.62. The molecule has 120 valence electrons. The SMILES string of the molecule is C[C@@H](NC(=O)COC(=O)c1ccc(F)cc1)c1ccccc1Br. The molecule has 0 saturated carbocycles. The second kappa shape index (κ2) is 7.87. The minimum absolute atomic E-state index is 0.193. The summed E-state index contributed by atoms with van der Waals surface area (Å²) in [4.78, 5) is 23.6. The molecule has 0 bridgehead atoms. The van der Waals surface area contributed by atoms with Crippen molar-refractivity contribution in [3.63, 3.8) is 0 Å². The first-order valence-electron chi connectivity index (χ1n) is 6.94. The molecular weight excluding hydrogens is 365 g/mol. The van der Waals surface area contributed by atoms with Crippen molar-refractivity contribution in [2.24, 2.45) is 0 Å². The molecule has 0 unspecified atom stereocenters. The smallest absolute Gasteiger partial charge is 0.338 e. The van der Waals surface area contributed by atoms with E-state index in [-0.39, 0.29) is 11.6 Å². The Kier molecular flexibility index (Phi) is 5.87. The lowest BCUT2D eigenvalue weighted by molar-refractivity contribution is -0.124. The molecular formula is C17H15BrFNO3. The average molecular weight is 380 g/mol. The van der Waals surface area contributed by atoms with Gasteiger partial charge in [-0.3, -0.25) is 4.79 Å². The predicted octanol–water partition coefficient (Wildman–Crippen LogP) is 3.62. The van der Waals surface area contributed by atoms with Gasteiger partial charge in [-0.1, -0.05) is 34.1 Å². The van der Waals surface area contributed by atoms with Gasteiger partial charge in [0.2, 0.25) is 0 Å². The molecule has 0 aliphatic heterocycles. The van der Waals surface area contributed by atoms with E-state index in [1.165, 1.54) is 12.1 Å². The number of hydrogen-bond donors (Lipinski definition) is 1. The van der Waals surface area contributed by atoms with E-state index in [1.807, 2.05) is 31.2 Å². The van der Waals surface area contributed by atoms with Gasteiger partial charge in [0.15, 0.2) is 6.61 Å². The first-order valence-corrected chi connectivity index (χ1v) is 7.73. The average Bonchev–Trinajstić information content (AvgIpc) is 2.53. The van der Waals surface area contributed by atoms with Crippen molar-refractivity contribution in [3.05, 3.63) is 69.9 Å². The summed E-state index contributed by atoms with van der Waals surface area (Å²) < 4.78 is 18.6. The molecule has 0 fully saturated rings. The van der Waals surface area contributed by atoms with Gasteiger partial charge in [0, 0.05) is 4.47 Å². The summed E-state index contributed by atoms with van der Waals surface area (Å²) in [6.07, 6.45) is 0. The number of carbonyl (C=O) groups is 2. The van der Waals surface area contributed by atoms with Gasteiger partial charge in [-0.2, -0.15) is 0 Å². The highest BCUT2D eigenvalue weighted by atomic mass is 79.9. The first-order chi connectivity index (χ1) is 11.0. The number of esters is 1. The molecule has 1 atom stereocenters. The zero-order valence-corrected chi connectivity index (χ0v) is 14.0. The van der Waals surface area contributed by atoms with Crippen molar-refractivity contribution in [2.45, 2.75) is 13.0 Å². The molecule has 0 aliphatic rings. The summed E-state index contributed by atoms with van der Waals surface area (Å²) in [7, 11) is 0. The van der Waals surface area contributed by atoms with E-state index >= 15 is 0 Å². The second-order valence-corrected chi connectivity index (χ2v) is 5.75. The molecule has 0 aliphatic carbocycles. The van der Waals surface area contributed by atoms with Crippen molar-refractivity contribution in [1.29, 1.82) is 0 Å². The van der Waals surface area contributed by atoms with Crippen LogP contribution in [0.3, 0.4) is 0 Å². The van der Waals surface area contributed by atoms with Crippen LogP contribution in [0, 0.1) is 5.82 Å². The van der Waals surface area contributed by atoms with Gasteiger partial charge in [-0.05, 0) is 42.8 Å². The van der Waals surface area contributed by atoms with E-state index in [2.05, 4.69) is 21.2 Å². The maximum Gasteiger partial charge on any atom is 0.338 e. The molecule has 0 radical (unpaired) electrons. The lowest BCUT2D eigenvalue weighted by Gasteiger charge is -2.15. The summed E-state index contributed by atoms with van der Waals surface area (Å²) in [5, 5.41) is 2.75. The fraction of sp³-hybridized carbons (Fsp3) is 0.176. The van der Waals surface area contributed by atoms with Crippen LogP contribution in [-0.2, 0) is 9.53 Å². The number of carbonyl (C=O) groups excluding carboxylic acids is 2. The molecule has 4 nitrogen and oxygen atoms in total. The normalized spacial score (nSPS) is 11.6. The van der Waals surface area contributed by atoms with Crippen molar-refractivity contribution in [2.75, 3.05) is 6.61 Å². The lowest BCUT2D eigenvalue weighted by atomic mass is 10.1. The summed E-state index contributed by atoms with van der Waals surface area (Å²) >= 11 is 3.42. The van der Waals surface area contributed by atoms with Crippen LogP contribution in [0.2, 0.25) is 0 Å². The minimum Gasteiger partial charge on any atom is -0.452 e. The molecule has 0 spiro atoms. The Morgan fingerprint density at radius 1 is 1.17 bits per heavy atom. The fourth-order valence-electron chi connectivity index (χ4n) is 1.99. The number of amides is 1. The zero-order valence-electron chi connectivity index (χ0n) is 12.4. The Hall–Kier alpha value is -2.21. The topological polar surface area (TPSA) is 55.4 Å². The number of rotatable bonds is 5. The van der Waals surface area contributed by atoms with Gasteiger partial charge in [0.25, 0.3) is 5.91 Å². The zero-order chi connectivity index (χ0) is 16.8. The van der Waals surface area contributed by atoms with Crippen LogP contribution in [0.4, 0.5) is 4.39 Å². The van der Waals surface area contributed by atoms with Gasteiger partial charge >= 0.3 is 5.97 Å². The number of nitrogens with one attached hydrogen (secondary N) is 1. The molecule has 2 aromatic rings. The molecule has 23 heavy (non-hydrogen) atoms.